The van der Waals surface area contributed by atoms with Gasteiger partial charge < -0.3 is 44.4 Å². The second kappa shape index (κ2) is 20.4. The minimum Gasteiger partial charge on any atom is -0.530 e. The first-order valence-electron chi connectivity index (χ1n) is 8.04. The summed E-state index contributed by atoms with van der Waals surface area (Å²) in [5, 5.41) is 29.9. The fourth-order valence-corrected chi connectivity index (χ4v) is 1.45. The molecule has 0 fully saturated rings. The van der Waals surface area contributed by atoms with E-state index in [1.807, 2.05) is 0 Å². The molecule has 25 heavy (non-hydrogen) atoms. The maximum Gasteiger partial charge on any atom is 3.00 e. The van der Waals surface area contributed by atoms with E-state index in [0.717, 1.165) is 0 Å². The van der Waals surface area contributed by atoms with Crippen molar-refractivity contribution in [3.63, 3.8) is 0 Å². The monoisotopic (exact) mass is 404 g/mol. The second-order valence-corrected chi connectivity index (χ2v) is 4.31. The largest absolute Gasteiger partial charge is 3.00 e. The molecule has 0 heterocycles. The molecule has 0 aliphatic carbocycles. The summed E-state index contributed by atoms with van der Waals surface area (Å²) in [7, 11) is 0. The molecular weight excluding hydrogens is 374 g/mol. The van der Waals surface area contributed by atoms with Crippen LogP contribution in [0.1, 0.15) is 41.5 Å². The molecule has 3 amide bonds. The van der Waals surface area contributed by atoms with Crippen LogP contribution in [-0.4, -0.2) is 72.2 Å². The Bertz CT molecular complexity index is 294. The van der Waals surface area contributed by atoms with E-state index in [9.17, 15) is 29.7 Å². The fourth-order valence-electron chi connectivity index (χ4n) is 1.45. The standard InChI is InChI=1S/3C5H11NO2.Fe/c3*1-3-6(4-2)5(7)8;/h3*3-4H2,1-2H3,(H,7,8);/q;;;+3/p-3. The Balaban J connectivity index is -0.000000130. The van der Waals surface area contributed by atoms with Crippen LogP contribution in [0.4, 0.5) is 14.4 Å². The summed E-state index contributed by atoms with van der Waals surface area (Å²) >= 11 is 0. The average Bonchev–Trinajstić information content (AvgIpc) is 2.51. The molecular formula is C15H30FeN3O6. The van der Waals surface area contributed by atoms with Gasteiger partial charge in [0.25, 0.3) is 0 Å². The Morgan fingerprint density at radius 1 is 0.520 bits per heavy atom. The van der Waals surface area contributed by atoms with Crippen LogP contribution in [0, 0.1) is 0 Å². The predicted octanol–water partition coefficient (Wildman–Crippen LogP) is -0.988. The van der Waals surface area contributed by atoms with Gasteiger partial charge in [-0.25, -0.2) is 0 Å². The molecule has 1 radical (unpaired) electrons. The molecule has 149 valence electrons. The molecule has 0 saturated heterocycles. The maximum absolute atomic E-state index is 9.98. The number of carbonyl (C=O) groups is 3. The number of amides is 3. The first-order chi connectivity index (χ1) is 11.2. The van der Waals surface area contributed by atoms with Crippen molar-refractivity contribution in [2.24, 2.45) is 0 Å². The van der Waals surface area contributed by atoms with Gasteiger partial charge in [0, 0.05) is 39.3 Å². The smallest absolute Gasteiger partial charge is 0.530 e. The van der Waals surface area contributed by atoms with Gasteiger partial charge in [-0.2, -0.15) is 0 Å². The van der Waals surface area contributed by atoms with Gasteiger partial charge in [-0.3, -0.25) is 0 Å². The van der Waals surface area contributed by atoms with Crippen molar-refractivity contribution in [3.8, 4) is 0 Å². The molecule has 0 spiro atoms. The number of rotatable bonds is 6. The van der Waals surface area contributed by atoms with E-state index in [2.05, 4.69) is 0 Å². The number of nitrogens with zero attached hydrogens (tertiary/aromatic N) is 3. The number of carboxylic acid groups (broad SMARTS) is 3. The summed E-state index contributed by atoms with van der Waals surface area (Å²) in [4.78, 5) is 33.6. The van der Waals surface area contributed by atoms with E-state index in [1.54, 1.807) is 41.5 Å². The van der Waals surface area contributed by atoms with Crippen molar-refractivity contribution in [2.75, 3.05) is 39.3 Å². The predicted molar refractivity (Wildman–Crippen MR) is 85.0 cm³/mol. The van der Waals surface area contributed by atoms with Crippen LogP contribution in [0.3, 0.4) is 0 Å². The Kier molecular flexibility index (Phi) is 25.4. The van der Waals surface area contributed by atoms with Crippen molar-refractivity contribution < 1.29 is 46.8 Å². The van der Waals surface area contributed by atoms with Gasteiger partial charge in [0.15, 0.2) is 0 Å². The van der Waals surface area contributed by atoms with E-state index in [-0.39, 0.29) is 17.1 Å². The van der Waals surface area contributed by atoms with E-state index < -0.39 is 18.3 Å². The average molecular weight is 404 g/mol. The normalized spacial score (nSPS) is 8.40. The molecule has 0 rings (SSSR count). The Hall–Kier alpha value is -1.67. The van der Waals surface area contributed by atoms with Crippen molar-refractivity contribution >= 4 is 18.3 Å². The molecule has 0 aliphatic rings. The quantitative estimate of drug-likeness (QED) is 0.523. The summed E-state index contributed by atoms with van der Waals surface area (Å²) in [6, 6.07) is 0. The van der Waals surface area contributed by atoms with E-state index >= 15 is 0 Å². The number of hydrogen-bond acceptors (Lipinski definition) is 6. The minimum absolute atomic E-state index is 0. The molecule has 0 atom stereocenters. The van der Waals surface area contributed by atoms with Gasteiger partial charge >= 0.3 is 17.1 Å². The molecule has 0 saturated carbocycles. The van der Waals surface area contributed by atoms with E-state index in [0.29, 0.717) is 39.3 Å². The summed E-state index contributed by atoms with van der Waals surface area (Å²) in [5.41, 5.74) is 0. The first-order valence-corrected chi connectivity index (χ1v) is 8.04. The zero-order chi connectivity index (χ0) is 19.7. The van der Waals surface area contributed by atoms with Crippen LogP contribution >= 0.6 is 0 Å². The summed E-state index contributed by atoms with van der Waals surface area (Å²) < 4.78 is 0. The Morgan fingerprint density at radius 2 is 0.640 bits per heavy atom. The van der Waals surface area contributed by atoms with Crippen LogP contribution in [0.5, 0.6) is 0 Å². The zero-order valence-corrected chi connectivity index (χ0v) is 17.0. The summed E-state index contributed by atoms with van der Waals surface area (Å²) in [6.45, 7) is 13.7. The van der Waals surface area contributed by atoms with E-state index in [1.165, 1.54) is 14.7 Å². The Labute approximate surface area is 161 Å². The fraction of sp³-hybridized carbons (Fsp3) is 0.800. The van der Waals surface area contributed by atoms with Crippen molar-refractivity contribution in [3.05, 3.63) is 0 Å². The molecule has 0 aromatic rings. The Morgan fingerprint density at radius 3 is 0.640 bits per heavy atom. The van der Waals surface area contributed by atoms with Gasteiger partial charge in [0.05, 0.1) is 0 Å². The topological polar surface area (TPSA) is 130 Å². The van der Waals surface area contributed by atoms with E-state index in [4.69, 9.17) is 0 Å². The number of hydrogen-bond donors (Lipinski definition) is 0. The van der Waals surface area contributed by atoms with Crippen molar-refractivity contribution in [1.82, 2.24) is 14.7 Å². The SMILES string of the molecule is CCN(CC)C(=O)[O-].CCN(CC)C(=O)[O-].CCN(CC)C(=O)[O-].[Fe+3]. The van der Waals surface area contributed by atoms with Crippen LogP contribution in [0.15, 0.2) is 0 Å². The first kappa shape index (κ1) is 31.1. The van der Waals surface area contributed by atoms with Gasteiger partial charge in [-0.15, -0.1) is 0 Å². The van der Waals surface area contributed by atoms with Gasteiger partial charge in [-0.1, -0.05) is 0 Å². The molecule has 0 aromatic carbocycles. The van der Waals surface area contributed by atoms with Crippen LogP contribution in [-0.2, 0) is 17.1 Å². The minimum atomic E-state index is -1.09. The second-order valence-electron chi connectivity index (χ2n) is 4.31. The van der Waals surface area contributed by atoms with Gasteiger partial charge in [-0.05, 0) is 41.5 Å². The summed E-state index contributed by atoms with van der Waals surface area (Å²) in [5.74, 6) is 0. The third-order valence-corrected chi connectivity index (χ3v) is 3.06. The maximum atomic E-state index is 9.98. The molecule has 0 bridgehead atoms. The molecule has 0 aromatic heterocycles. The van der Waals surface area contributed by atoms with Crippen LogP contribution in [0.2, 0.25) is 0 Å². The molecule has 0 aliphatic heterocycles. The third-order valence-electron chi connectivity index (χ3n) is 3.06. The molecule has 0 N–H and O–H groups in total. The van der Waals surface area contributed by atoms with Gasteiger partial charge in [0.2, 0.25) is 0 Å². The molecule has 0 unspecified atom stereocenters. The molecule has 9 nitrogen and oxygen atoms in total. The van der Waals surface area contributed by atoms with Crippen LogP contribution < -0.4 is 15.3 Å². The summed E-state index contributed by atoms with van der Waals surface area (Å²) in [6.07, 6.45) is -3.26. The van der Waals surface area contributed by atoms with Crippen LogP contribution in [0.25, 0.3) is 0 Å². The number of carbonyl (C=O) groups excluding carboxylic acids is 3. The van der Waals surface area contributed by atoms with Gasteiger partial charge in [0.1, 0.15) is 18.3 Å². The third kappa shape index (κ3) is 18.5. The zero-order valence-electron chi connectivity index (χ0n) is 15.9. The van der Waals surface area contributed by atoms with Crippen molar-refractivity contribution in [2.45, 2.75) is 41.5 Å². The van der Waals surface area contributed by atoms with Crippen molar-refractivity contribution in [1.29, 1.82) is 0 Å². The molecule has 10 heteroatoms.